The van der Waals surface area contributed by atoms with E-state index < -0.39 is 5.60 Å². The van der Waals surface area contributed by atoms with Gasteiger partial charge in [-0.05, 0) is 25.3 Å². The van der Waals surface area contributed by atoms with Crippen molar-refractivity contribution >= 4 is 5.78 Å². The second-order valence-electron chi connectivity index (χ2n) is 4.28. The van der Waals surface area contributed by atoms with Gasteiger partial charge in [-0.3, -0.25) is 4.79 Å². The molecule has 80 valence electrons. The summed E-state index contributed by atoms with van der Waals surface area (Å²) >= 11 is 0. The van der Waals surface area contributed by atoms with E-state index in [-0.39, 0.29) is 5.78 Å². The smallest absolute Gasteiger partial charge is 0.164 e. The Morgan fingerprint density at radius 2 is 2.07 bits per heavy atom. The highest BCUT2D eigenvalue weighted by molar-refractivity contribution is 5.88. The normalized spacial score (nSPS) is 25.8. The minimum atomic E-state index is -0.532. The van der Waals surface area contributed by atoms with E-state index in [2.05, 4.69) is 0 Å². The topological polar surface area (TPSA) is 26.3 Å². The summed E-state index contributed by atoms with van der Waals surface area (Å²) in [5.41, 5.74) is 0.592. The second-order valence-corrected chi connectivity index (χ2v) is 4.28. The number of ketones is 1. The molecule has 0 saturated heterocycles. The fourth-order valence-corrected chi connectivity index (χ4v) is 1.96. The standard InChI is InChI=1S/C13H16O2/c1-13(9-5-8-12(13)14)15-10-11-6-3-2-4-7-11/h2-4,6-7H,5,8-10H2,1H3. The summed E-state index contributed by atoms with van der Waals surface area (Å²) in [5, 5.41) is 0. The highest BCUT2D eigenvalue weighted by Crippen LogP contribution is 2.30. The van der Waals surface area contributed by atoms with Crippen molar-refractivity contribution in [3.8, 4) is 0 Å². The fraction of sp³-hybridized carbons (Fsp3) is 0.462. The van der Waals surface area contributed by atoms with Gasteiger partial charge in [0.2, 0.25) is 0 Å². The van der Waals surface area contributed by atoms with Crippen LogP contribution in [0.2, 0.25) is 0 Å². The molecule has 1 aromatic carbocycles. The van der Waals surface area contributed by atoms with Gasteiger partial charge in [0, 0.05) is 6.42 Å². The van der Waals surface area contributed by atoms with E-state index >= 15 is 0 Å². The maximum Gasteiger partial charge on any atom is 0.164 e. The summed E-state index contributed by atoms with van der Waals surface area (Å²) in [5.74, 6) is 0.249. The molecule has 0 spiro atoms. The van der Waals surface area contributed by atoms with Gasteiger partial charge in [-0.25, -0.2) is 0 Å². The Morgan fingerprint density at radius 3 is 2.67 bits per heavy atom. The Hall–Kier alpha value is -1.15. The van der Waals surface area contributed by atoms with Crippen LogP contribution in [0.1, 0.15) is 31.7 Å². The molecule has 0 amide bonds. The average molecular weight is 204 g/mol. The lowest BCUT2D eigenvalue weighted by atomic mass is 10.0. The summed E-state index contributed by atoms with van der Waals surface area (Å²) in [6, 6.07) is 9.98. The highest BCUT2D eigenvalue weighted by atomic mass is 16.5. The van der Waals surface area contributed by atoms with Gasteiger partial charge in [0.15, 0.2) is 5.78 Å². The van der Waals surface area contributed by atoms with Crippen molar-refractivity contribution in [1.29, 1.82) is 0 Å². The van der Waals surface area contributed by atoms with Crippen molar-refractivity contribution in [2.75, 3.05) is 0 Å². The first-order valence-electron chi connectivity index (χ1n) is 5.42. The van der Waals surface area contributed by atoms with Crippen molar-refractivity contribution < 1.29 is 9.53 Å². The molecule has 1 aliphatic rings. The van der Waals surface area contributed by atoms with Crippen molar-refractivity contribution in [1.82, 2.24) is 0 Å². The Bertz CT molecular complexity index is 345. The van der Waals surface area contributed by atoms with Crippen LogP contribution in [0.3, 0.4) is 0 Å². The van der Waals surface area contributed by atoms with Crippen LogP contribution >= 0.6 is 0 Å². The molecule has 0 radical (unpaired) electrons. The first-order chi connectivity index (χ1) is 7.21. The first-order valence-corrected chi connectivity index (χ1v) is 5.42. The van der Waals surface area contributed by atoms with Crippen LogP contribution in [0.25, 0.3) is 0 Å². The van der Waals surface area contributed by atoms with Crippen LogP contribution in [0, 0.1) is 0 Å². The zero-order valence-electron chi connectivity index (χ0n) is 9.03. The van der Waals surface area contributed by atoms with Gasteiger partial charge in [-0.15, -0.1) is 0 Å². The van der Waals surface area contributed by atoms with Gasteiger partial charge in [0.25, 0.3) is 0 Å². The number of ether oxygens (including phenoxy) is 1. The van der Waals surface area contributed by atoms with Crippen LogP contribution in [0.5, 0.6) is 0 Å². The van der Waals surface area contributed by atoms with Gasteiger partial charge in [-0.2, -0.15) is 0 Å². The molecule has 2 heteroatoms. The monoisotopic (exact) mass is 204 g/mol. The number of benzene rings is 1. The van der Waals surface area contributed by atoms with E-state index in [4.69, 9.17) is 4.74 Å². The Kier molecular flexibility index (Phi) is 2.87. The molecule has 1 fully saturated rings. The fourth-order valence-electron chi connectivity index (χ4n) is 1.96. The van der Waals surface area contributed by atoms with Gasteiger partial charge in [0.05, 0.1) is 6.61 Å². The molecule has 1 unspecified atom stereocenters. The molecule has 0 N–H and O–H groups in total. The number of rotatable bonds is 3. The maximum absolute atomic E-state index is 11.6. The molecule has 2 nitrogen and oxygen atoms in total. The van der Waals surface area contributed by atoms with E-state index in [1.165, 1.54) is 0 Å². The lowest BCUT2D eigenvalue weighted by Gasteiger charge is -2.22. The molecule has 0 aliphatic heterocycles. The third-order valence-electron chi connectivity index (χ3n) is 3.05. The predicted molar refractivity (Wildman–Crippen MR) is 58.5 cm³/mol. The molecule has 15 heavy (non-hydrogen) atoms. The Balaban J connectivity index is 1.96. The minimum absolute atomic E-state index is 0.249. The molecular formula is C13H16O2. The van der Waals surface area contributed by atoms with Crippen LogP contribution in [-0.4, -0.2) is 11.4 Å². The average Bonchev–Trinajstić information content (AvgIpc) is 2.59. The molecule has 0 heterocycles. The second kappa shape index (κ2) is 4.15. The third-order valence-corrected chi connectivity index (χ3v) is 3.05. The summed E-state index contributed by atoms with van der Waals surface area (Å²) in [7, 11) is 0. The van der Waals surface area contributed by atoms with E-state index in [9.17, 15) is 4.79 Å². The van der Waals surface area contributed by atoms with Gasteiger partial charge in [0.1, 0.15) is 5.60 Å². The Morgan fingerprint density at radius 1 is 1.33 bits per heavy atom. The number of hydrogen-bond donors (Lipinski definition) is 0. The Labute approximate surface area is 90.3 Å². The van der Waals surface area contributed by atoms with Crippen molar-refractivity contribution in [2.24, 2.45) is 0 Å². The molecule has 1 atom stereocenters. The molecular weight excluding hydrogens is 188 g/mol. The molecule has 1 aliphatic carbocycles. The summed E-state index contributed by atoms with van der Waals surface area (Å²) in [6.45, 7) is 2.44. The van der Waals surface area contributed by atoms with Gasteiger partial charge >= 0.3 is 0 Å². The number of hydrogen-bond acceptors (Lipinski definition) is 2. The molecule has 2 rings (SSSR count). The van der Waals surface area contributed by atoms with Crippen LogP contribution in [0.15, 0.2) is 30.3 Å². The van der Waals surface area contributed by atoms with Crippen LogP contribution < -0.4 is 0 Å². The van der Waals surface area contributed by atoms with E-state index in [0.29, 0.717) is 13.0 Å². The number of carbonyl (C=O) groups is 1. The van der Waals surface area contributed by atoms with Crippen LogP contribution in [0.4, 0.5) is 0 Å². The zero-order chi connectivity index (χ0) is 10.7. The van der Waals surface area contributed by atoms with E-state index in [1.807, 2.05) is 37.3 Å². The molecule has 0 bridgehead atoms. The van der Waals surface area contributed by atoms with Crippen molar-refractivity contribution in [2.45, 2.75) is 38.4 Å². The summed E-state index contributed by atoms with van der Waals surface area (Å²) in [4.78, 5) is 11.6. The molecule has 1 aromatic rings. The summed E-state index contributed by atoms with van der Waals surface area (Å²) in [6.07, 6.45) is 2.49. The third kappa shape index (κ3) is 2.26. The SMILES string of the molecule is CC1(OCc2ccccc2)CCCC1=O. The van der Waals surface area contributed by atoms with Gasteiger partial charge < -0.3 is 4.74 Å². The maximum atomic E-state index is 11.6. The first kappa shape index (κ1) is 10.4. The lowest BCUT2D eigenvalue weighted by Crippen LogP contribution is -2.33. The van der Waals surface area contributed by atoms with E-state index in [0.717, 1.165) is 18.4 Å². The minimum Gasteiger partial charge on any atom is -0.363 e. The molecule has 0 aromatic heterocycles. The predicted octanol–water partition coefficient (Wildman–Crippen LogP) is 2.71. The summed E-state index contributed by atoms with van der Waals surface area (Å²) < 4.78 is 5.74. The van der Waals surface area contributed by atoms with E-state index in [1.54, 1.807) is 0 Å². The number of Topliss-reactive ketones (excluding diaryl/α,β-unsaturated/α-hetero) is 1. The highest BCUT2D eigenvalue weighted by Gasteiger charge is 2.38. The zero-order valence-corrected chi connectivity index (χ0v) is 9.03. The lowest BCUT2D eigenvalue weighted by molar-refractivity contribution is -0.139. The van der Waals surface area contributed by atoms with Gasteiger partial charge in [-0.1, -0.05) is 30.3 Å². The van der Waals surface area contributed by atoms with Crippen molar-refractivity contribution in [3.05, 3.63) is 35.9 Å². The van der Waals surface area contributed by atoms with Crippen molar-refractivity contribution in [3.63, 3.8) is 0 Å². The number of carbonyl (C=O) groups excluding carboxylic acids is 1. The molecule has 1 saturated carbocycles. The van der Waals surface area contributed by atoms with Crippen LogP contribution in [-0.2, 0) is 16.1 Å². The largest absolute Gasteiger partial charge is 0.363 e. The quantitative estimate of drug-likeness (QED) is 0.756.